The maximum atomic E-state index is 12.5. The number of nitrogens with one attached hydrogen (secondary N) is 2. The van der Waals surface area contributed by atoms with Crippen LogP contribution in [0.15, 0.2) is 47.4 Å². The van der Waals surface area contributed by atoms with Gasteiger partial charge >= 0.3 is 0 Å². The fourth-order valence-corrected chi connectivity index (χ4v) is 4.82. The van der Waals surface area contributed by atoms with Crippen molar-refractivity contribution in [3.63, 3.8) is 0 Å². The van der Waals surface area contributed by atoms with Crippen LogP contribution in [-0.4, -0.2) is 77.1 Å². The first-order valence-electron chi connectivity index (χ1n) is 14.0. The Morgan fingerprint density at radius 1 is 1.13 bits per heavy atom. The SMILES string of the molecule is CC.CCCSC.O=CN1CCN(c2cccc(Nc3ncc4ccc(=O)n(CCC5CNC5)c4n3)c2)CC1. The van der Waals surface area contributed by atoms with E-state index in [1.165, 1.54) is 12.2 Å². The predicted molar refractivity (Wildman–Crippen MR) is 164 cm³/mol. The lowest BCUT2D eigenvalue weighted by molar-refractivity contribution is -0.118. The van der Waals surface area contributed by atoms with E-state index in [1.807, 2.05) is 37.7 Å². The number of pyridine rings is 1. The van der Waals surface area contributed by atoms with Gasteiger partial charge in [0.1, 0.15) is 5.65 Å². The Kier molecular flexibility index (Phi) is 12.6. The zero-order valence-corrected chi connectivity index (χ0v) is 24.5. The van der Waals surface area contributed by atoms with Crippen molar-refractivity contribution in [3.8, 4) is 0 Å². The number of rotatable bonds is 9. The number of thioether (sulfide) groups is 1. The Hall–Kier alpha value is -3.11. The lowest BCUT2D eigenvalue weighted by atomic mass is 9.99. The van der Waals surface area contributed by atoms with Gasteiger partial charge in [-0.2, -0.15) is 16.7 Å². The Bertz CT molecular complexity index is 1220. The average molecular weight is 554 g/mol. The van der Waals surface area contributed by atoms with E-state index in [4.69, 9.17) is 0 Å². The summed E-state index contributed by atoms with van der Waals surface area (Å²) in [6.45, 7) is 11.9. The molecule has 3 aromatic rings. The van der Waals surface area contributed by atoms with Crippen LogP contribution in [0.25, 0.3) is 11.0 Å². The molecule has 0 saturated carbocycles. The van der Waals surface area contributed by atoms with E-state index in [9.17, 15) is 9.59 Å². The Labute approximate surface area is 236 Å². The van der Waals surface area contributed by atoms with Gasteiger partial charge in [-0.15, -0.1) is 0 Å². The minimum Gasteiger partial charge on any atom is -0.368 e. The van der Waals surface area contributed by atoms with E-state index in [0.29, 0.717) is 24.1 Å². The molecule has 9 nitrogen and oxygen atoms in total. The van der Waals surface area contributed by atoms with E-state index >= 15 is 0 Å². The van der Waals surface area contributed by atoms with Crippen molar-refractivity contribution in [1.82, 2.24) is 24.8 Å². The highest BCUT2D eigenvalue weighted by Gasteiger charge is 2.18. The smallest absolute Gasteiger partial charge is 0.252 e. The molecule has 2 fully saturated rings. The largest absolute Gasteiger partial charge is 0.368 e. The van der Waals surface area contributed by atoms with Gasteiger partial charge in [0.2, 0.25) is 12.4 Å². The van der Waals surface area contributed by atoms with E-state index in [2.05, 4.69) is 50.8 Å². The Morgan fingerprint density at radius 3 is 2.51 bits per heavy atom. The van der Waals surface area contributed by atoms with Crippen molar-refractivity contribution in [2.75, 3.05) is 61.5 Å². The van der Waals surface area contributed by atoms with Crippen LogP contribution in [-0.2, 0) is 11.3 Å². The van der Waals surface area contributed by atoms with E-state index < -0.39 is 0 Å². The summed E-state index contributed by atoms with van der Waals surface area (Å²) in [5.74, 6) is 2.39. The summed E-state index contributed by atoms with van der Waals surface area (Å²) in [5.41, 5.74) is 2.59. The van der Waals surface area contributed by atoms with Crippen molar-refractivity contribution in [1.29, 1.82) is 0 Å². The molecule has 2 aromatic heterocycles. The number of hydrogen-bond donors (Lipinski definition) is 2. The zero-order valence-electron chi connectivity index (χ0n) is 23.7. The van der Waals surface area contributed by atoms with Crippen LogP contribution in [0.2, 0.25) is 0 Å². The minimum atomic E-state index is -0.0362. The summed E-state index contributed by atoms with van der Waals surface area (Å²) in [4.78, 5) is 36.7. The van der Waals surface area contributed by atoms with Gasteiger partial charge in [0.25, 0.3) is 5.56 Å². The number of hydrogen-bond acceptors (Lipinski definition) is 8. The standard InChI is InChI=1S/C23H27N7O2.C4H10S.C2H6/c31-16-28-8-10-29(11-9-28)20-3-1-2-19(12-20)26-23-25-15-18-4-5-21(32)30(22(18)27-23)7-6-17-13-24-14-17;1-3-4-5-2;1-2/h1-5,12,15-17,24H,6-11,13-14H2,(H,25,26,27);3-4H2,1-2H3;1-2H3. The van der Waals surface area contributed by atoms with Crippen LogP contribution in [0.4, 0.5) is 17.3 Å². The molecule has 0 atom stereocenters. The zero-order chi connectivity index (χ0) is 28.0. The van der Waals surface area contributed by atoms with Gasteiger partial charge in [0.05, 0.1) is 0 Å². The lowest BCUT2D eigenvalue weighted by Crippen LogP contribution is -2.45. The maximum absolute atomic E-state index is 12.5. The van der Waals surface area contributed by atoms with Crippen LogP contribution in [0.1, 0.15) is 33.6 Å². The van der Waals surface area contributed by atoms with Gasteiger partial charge in [0, 0.05) is 61.7 Å². The number of anilines is 3. The van der Waals surface area contributed by atoms with Crippen LogP contribution < -0.4 is 21.1 Å². The Balaban J connectivity index is 0.000000542. The highest BCUT2D eigenvalue weighted by atomic mass is 32.2. The van der Waals surface area contributed by atoms with Crippen molar-refractivity contribution in [2.24, 2.45) is 5.92 Å². The van der Waals surface area contributed by atoms with Gasteiger partial charge in [-0.05, 0) is 68.1 Å². The summed E-state index contributed by atoms with van der Waals surface area (Å²) in [6, 6.07) is 11.5. The number of aryl methyl sites for hydroxylation is 1. The normalized spacial score (nSPS) is 15.0. The molecular weight excluding hydrogens is 510 g/mol. The molecule has 1 aromatic carbocycles. The molecule has 0 bridgehead atoms. The van der Waals surface area contributed by atoms with E-state index in [0.717, 1.165) is 68.9 Å². The maximum Gasteiger partial charge on any atom is 0.252 e. The molecule has 39 heavy (non-hydrogen) atoms. The summed E-state index contributed by atoms with van der Waals surface area (Å²) in [5, 5.41) is 7.41. The second-order valence-electron chi connectivity index (χ2n) is 9.41. The molecule has 5 rings (SSSR count). The third-order valence-electron chi connectivity index (χ3n) is 6.69. The first-order chi connectivity index (χ1) is 19.1. The van der Waals surface area contributed by atoms with Gasteiger partial charge < -0.3 is 20.4 Å². The predicted octanol–water partition coefficient (Wildman–Crippen LogP) is 4.21. The number of fused-ring (bicyclic) bond motifs is 1. The molecule has 2 N–H and O–H groups in total. The second-order valence-corrected chi connectivity index (χ2v) is 10.4. The number of piperazine rings is 1. The van der Waals surface area contributed by atoms with Crippen molar-refractivity contribution >= 4 is 46.5 Å². The second kappa shape index (κ2) is 16.1. The molecule has 10 heteroatoms. The van der Waals surface area contributed by atoms with Crippen LogP contribution in [0.3, 0.4) is 0 Å². The van der Waals surface area contributed by atoms with Gasteiger partial charge in [-0.3, -0.25) is 14.2 Å². The lowest BCUT2D eigenvalue weighted by Gasteiger charge is -2.34. The van der Waals surface area contributed by atoms with E-state index in [-0.39, 0.29) is 5.56 Å². The molecule has 212 valence electrons. The third-order valence-corrected chi connectivity index (χ3v) is 7.51. The van der Waals surface area contributed by atoms with Crippen LogP contribution in [0.5, 0.6) is 0 Å². The number of nitrogens with zero attached hydrogens (tertiary/aromatic N) is 5. The highest BCUT2D eigenvalue weighted by molar-refractivity contribution is 7.98. The number of aromatic nitrogens is 3. The monoisotopic (exact) mass is 553 g/mol. The highest BCUT2D eigenvalue weighted by Crippen LogP contribution is 2.23. The molecule has 2 aliphatic heterocycles. The topological polar surface area (TPSA) is 95.4 Å². The fraction of sp³-hybridized carbons (Fsp3) is 0.517. The first kappa shape index (κ1) is 30.4. The molecule has 2 saturated heterocycles. The number of amides is 1. The quantitative estimate of drug-likeness (QED) is 0.381. The number of benzene rings is 1. The molecule has 0 aliphatic carbocycles. The van der Waals surface area contributed by atoms with Crippen LogP contribution in [0, 0.1) is 5.92 Å². The minimum absolute atomic E-state index is 0.0362. The van der Waals surface area contributed by atoms with Gasteiger partial charge in [0.15, 0.2) is 0 Å². The van der Waals surface area contributed by atoms with Crippen molar-refractivity contribution in [2.45, 2.75) is 40.2 Å². The fourth-order valence-electron chi connectivity index (χ4n) is 4.41. The molecule has 1 amide bonds. The average Bonchev–Trinajstić information content (AvgIpc) is 2.95. The molecular formula is C29H43N7O2S. The van der Waals surface area contributed by atoms with Crippen molar-refractivity contribution < 1.29 is 4.79 Å². The molecule has 2 aliphatic rings. The summed E-state index contributed by atoms with van der Waals surface area (Å²) in [6.07, 6.45) is 7.06. The molecule has 0 spiro atoms. The van der Waals surface area contributed by atoms with E-state index in [1.54, 1.807) is 27.8 Å². The number of carbonyl (C=O) groups is 1. The first-order valence-corrected chi connectivity index (χ1v) is 15.4. The summed E-state index contributed by atoms with van der Waals surface area (Å²) < 4.78 is 1.75. The van der Waals surface area contributed by atoms with Gasteiger partial charge in [-0.25, -0.2) is 4.98 Å². The van der Waals surface area contributed by atoms with Gasteiger partial charge in [-0.1, -0.05) is 26.8 Å². The summed E-state index contributed by atoms with van der Waals surface area (Å²) in [7, 11) is 0. The van der Waals surface area contributed by atoms with Crippen LogP contribution >= 0.6 is 11.8 Å². The Morgan fingerprint density at radius 2 is 1.90 bits per heavy atom. The third kappa shape index (κ3) is 8.69. The molecule has 0 unspecified atom stereocenters. The molecule has 4 heterocycles. The summed E-state index contributed by atoms with van der Waals surface area (Å²) >= 11 is 1.90. The number of carbonyl (C=O) groups excluding carboxylic acids is 1. The van der Waals surface area contributed by atoms with Crippen molar-refractivity contribution in [3.05, 3.63) is 52.9 Å². The molecule has 0 radical (unpaired) electrons.